The molecule has 0 fully saturated rings. The van der Waals surface area contributed by atoms with Gasteiger partial charge in [0.1, 0.15) is 6.54 Å². The number of esters is 1. The van der Waals surface area contributed by atoms with Gasteiger partial charge in [0.05, 0.1) is 18.4 Å². The molecular weight excluding hydrogens is 258 g/mol. The highest BCUT2D eigenvalue weighted by Gasteiger charge is 2.14. The molecule has 104 valence electrons. The van der Waals surface area contributed by atoms with Gasteiger partial charge < -0.3 is 10.1 Å². The number of carbonyl (C=O) groups is 2. The summed E-state index contributed by atoms with van der Waals surface area (Å²) in [6.45, 7) is 1.95. The number of aryl methyl sites for hydroxylation is 1. The Balaban J connectivity index is 2.16. The lowest BCUT2D eigenvalue weighted by Gasteiger charge is -2.10. The molecule has 0 unspecified atom stereocenters. The number of amides is 1. The maximum absolute atomic E-state index is 11.9. The van der Waals surface area contributed by atoms with Gasteiger partial charge in [-0.05, 0) is 25.1 Å². The summed E-state index contributed by atoms with van der Waals surface area (Å²) in [6, 6.07) is 6.91. The van der Waals surface area contributed by atoms with Crippen molar-refractivity contribution in [2.45, 2.75) is 13.5 Å². The molecular formula is C14H15N3O3. The van der Waals surface area contributed by atoms with Gasteiger partial charge in [-0.15, -0.1) is 0 Å². The van der Waals surface area contributed by atoms with Crippen molar-refractivity contribution < 1.29 is 14.3 Å². The molecule has 1 aromatic carbocycles. The Morgan fingerprint density at radius 2 is 2.20 bits per heavy atom. The molecule has 6 nitrogen and oxygen atoms in total. The van der Waals surface area contributed by atoms with Gasteiger partial charge in [0.25, 0.3) is 0 Å². The van der Waals surface area contributed by atoms with Gasteiger partial charge in [0.2, 0.25) is 5.91 Å². The van der Waals surface area contributed by atoms with Crippen LogP contribution in [0.25, 0.3) is 0 Å². The van der Waals surface area contributed by atoms with Crippen molar-refractivity contribution in [2.75, 3.05) is 12.4 Å². The fraction of sp³-hybridized carbons (Fsp3) is 0.214. The van der Waals surface area contributed by atoms with Crippen LogP contribution in [0.15, 0.2) is 36.7 Å². The van der Waals surface area contributed by atoms with Crippen molar-refractivity contribution in [1.29, 1.82) is 0 Å². The Bertz CT molecular complexity index is 621. The van der Waals surface area contributed by atoms with E-state index in [1.165, 1.54) is 11.8 Å². The smallest absolute Gasteiger partial charge is 0.339 e. The first-order valence-electron chi connectivity index (χ1n) is 6.06. The first-order valence-corrected chi connectivity index (χ1v) is 6.06. The minimum Gasteiger partial charge on any atom is -0.465 e. The average Bonchev–Trinajstić information content (AvgIpc) is 2.92. The molecule has 0 saturated carbocycles. The number of carbonyl (C=O) groups excluding carboxylic acids is 2. The largest absolute Gasteiger partial charge is 0.465 e. The van der Waals surface area contributed by atoms with Crippen LogP contribution in [0.4, 0.5) is 5.69 Å². The summed E-state index contributed by atoms with van der Waals surface area (Å²) in [7, 11) is 1.31. The topological polar surface area (TPSA) is 73.2 Å². The highest BCUT2D eigenvalue weighted by Crippen LogP contribution is 2.18. The van der Waals surface area contributed by atoms with Gasteiger partial charge in [-0.3, -0.25) is 9.48 Å². The molecule has 0 aliphatic heterocycles. The minimum atomic E-state index is -0.483. The number of hydrogen-bond donors (Lipinski definition) is 1. The first kappa shape index (κ1) is 13.8. The van der Waals surface area contributed by atoms with Crippen LogP contribution in [0.5, 0.6) is 0 Å². The highest BCUT2D eigenvalue weighted by atomic mass is 16.5. The van der Waals surface area contributed by atoms with E-state index in [0.717, 1.165) is 5.56 Å². The normalized spacial score (nSPS) is 10.1. The van der Waals surface area contributed by atoms with Crippen molar-refractivity contribution in [2.24, 2.45) is 0 Å². The molecule has 0 spiro atoms. The van der Waals surface area contributed by atoms with Gasteiger partial charge >= 0.3 is 5.97 Å². The molecule has 0 aliphatic carbocycles. The molecule has 1 N–H and O–H groups in total. The molecule has 1 amide bonds. The molecule has 0 radical (unpaired) electrons. The van der Waals surface area contributed by atoms with Gasteiger partial charge in [-0.1, -0.05) is 11.6 Å². The number of nitrogens with one attached hydrogen (secondary N) is 1. The van der Waals surface area contributed by atoms with Crippen LogP contribution in [-0.4, -0.2) is 28.8 Å². The van der Waals surface area contributed by atoms with Crippen LogP contribution < -0.4 is 5.32 Å². The Hall–Kier alpha value is -2.63. The molecule has 2 rings (SSSR count). The van der Waals surface area contributed by atoms with E-state index in [2.05, 4.69) is 10.4 Å². The van der Waals surface area contributed by atoms with E-state index in [0.29, 0.717) is 11.3 Å². The highest BCUT2D eigenvalue weighted by molar-refractivity contribution is 6.01. The number of methoxy groups -OCH3 is 1. The number of hydrogen-bond acceptors (Lipinski definition) is 4. The van der Waals surface area contributed by atoms with Crippen molar-refractivity contribution >= 4 is 17.6 Å². The van der Waals surface area contributed by atoms with Crippen LogP contribution in [0, 0.1) is 6.92 Å². The third-order valence-corrected chi connectivity index (χ3v) is 2.72. The third kappa shape index (κ3) is 3.23. The number of anilines is 1. The Labute approximate surface area is 116 Å². The fourth-order valence-electron chi connectivity index (χ4n) is 1.78. The van der Waals surface area contributed by atoms with Crippen LogP contribution in [0.3, 0.4) is 0 Å². The van der Waals surface area contributed by atoms with E-state index < -0.39 is 5.97 Å². The van der Waals surface area contributed by atoms with Crippen LogP contribution in [-0.2, 0) is 16.1 Å². The number of nitrogens with zero attached hydrogens (tertiary/aromatic N) is 2. The summed E-state index contributed by atoms with van der Waals surface area (Å²) >= 11 is 0. The Morgan fingerprint density at radius 3 is 2.85 bits per heavy atom. The molecule has 2 aromatic rings. The van der Waals surface area contributed by atoms with Crippen molar-refractivity contribution in [3.63, 3.8) is 0 Å². The number of rotatable bonds is 4. The quantitative estimate of drug-likeness (QED) is 0.859. The molecule has 1 aromatic heterocycles. The summed E-state index contributed by atoms with van der Waals surface area (Å²) in [5, 5.41) is 6.64. The standard InChI is InChI=1S/C14H15N3O3/c1-10-4-5-12(11(8-10)14(19)20-2)16-13(18)9-17-7-3-6-15-17/h3-8H,9H2,1-2H3,(H,16,18). The first-order chi connectivity index (χ1) is 9.60. The van der Waals surface area contributed by atoms with E-state index >= 15 is 0 Å². The SMILES string of the molecule is COC(=O)c1cc(C)ccc1NC(=O)Cn1cccn1. The third-order valence-electron chi connectivity index (χ3n) is 2.72. The van der Waals surface area contributed by atoms with Gasteiger partial charge in [-0.2, -0.15) is 5.10 Å². The summed E-state index contributed by atoms with van der Waals surface area (Å²) in [5.74, 6) is -0.745. The van der Waals surface area contributed by atoms with Crippen LogP contribution >= 0.6 is 0 Å². The van der Waals surface area contributed by atoms with Crippen LogP contribution in [0.1, 0.15) is 15.9 Å². The zero-order valence-corrected chi connectivity index (χ0v) is 11.3. The number of ether oxygens (including phenoxy) is 1. The zero-order chi connectivity index (χ0) is 14.5. The maximum atomic E-state index is 11.9. The Morgan fingerprint density at radius 1 is 1.40 bits per heavy atom. The zero-order valence-electron chi connectivity index (χ0n) is 11.3. The molecule has 1 heterocycles. The van der Waals surface area contributed by atoms with E-state index in [9.17, 15) is 9.59 Å². The van der Waals surface area contributed by atoms with E-state index in [1.807, 2.05) is 13.0 Å². The second kappa shape index (κ2) is 6.01. The molecule has 0 aliphatic rings. The lowest BCUT2D eigenvalue weighted by Crippen LogP contribution is -2.20. The van der Waals surface area contributed by atoms with Crippen molar-refractivity contribution in [1.82, 2.24) is 9.78 Å². The van der Waals surface area contributed by atoms with Gasteiger partial charge in [0.15, 0.2) is 0 Å². The maximum Gasteiger partial charge on any atom is 0.339 e. The number of aromatic nitrogens is 2. The van der Waals surface area contributed by atoms with E-state index in [-0.39, 0.29) is 12.5 Å². The van der Waals surface area contributed by atoms with E-state index in [1.54, 1.807) is 30.6 Å². The Kier molecular flexibility index (Phi) is 4.14. The summed E-state index contributed by atoms with van der Waals surface area (Å²) < 4.78 is 6.21. The average molecular weight is 273 g/mol. The second-order valence-electron chi connectivity index (χ2n) is 4.29. The lowest BCUT2D eigenvalue weighted by molar-refractivity contribution is -0.116. The molecule has 0 atom stereocenters. The molecule has 20 heavy (non-hydrogen) atoms. The predicted octanol–water partition coefficient (Wildman–Crippen LogP) is 1.62. The van der Waals surface area contributed by atoms with E-state index in [4.69, 9.17) is 4.74 Å². The fourth-order valence-corrected chi connectivity index (χ4v) is 1.78. The second-order valence-corrected chi connectivity index (χ2v) is 4.29. The molecule has 0 bridgehead atoms. The summed E-state index contributed by atoms with van der Waals surface area (Å²) in [5.41, 5.74) is 1.68. The predicted molar refractivity (Wildman–Crippen MR) is 73.4 cm³/mol. The van der Waals surface area contributed by atoms with Crippen LogP contribution in [0.2, 0.25) is 0 Å². The minimum absolute atomic E-state index is 0.0848. The lowest BCUT2D eigenvalue weighted by atomic mass is 10.1. The molecule has 0 saturated heterocycles. The summed E-state index contributed by atoms with van der Waals surface area (Å²) in [4.78, 5) is 23.6. The molecule has 6 heteroatoms. The van der Waals surface area contributed by atoms with Crippen molar-refractivity contribution in [3.8, 4) is 0 Å². The van der Waals surface area contributed by atoms with Gasteiger partial charge in [0, 0.05) is 12.4 Å². The van der Waals surface area contributed by atoms with Gasteiger partial charge in [-0.25, -0.2) is 4.79 Å². The number of benzene rings is 1. The monoisotopic (exact) mass is 273 g/mol. The summed E-state index contributed by atoms with van der Waals surface area (Å²) in [6.07, 6.45) is 3.29. The van der Waals surface area contributed by atoms with Crippen molar-refractivity contribution in [3.05, 3.63) is 47.8 Å².